The van der Waals surface area contributed by atoms with E-state index in [0.29, 0.717) is 6.61 Å². The molecule has 98 valence electrons. The van der Waals surface area contributed by atoms with Crippen LogP contribution in [-0.4, -0.2) is 48.6 Å². The maximum absolute atomic E-state index is 11.8. The molecule has 0 bridgehead atoms. The third kappa shape index (κ3) is 5.94. The Morgan fingerprint density at radius 3 is 2.38 bits per heavy atom. The molecule has 6 nitrogen and oxygen atoms in total. The number of aliphatic hydroxyl groups is 2. The van der Waals surface area contributed by atoms with Crippen molar-refractivity contribution in [2.75, 3.05) is 26.2 Å². The molecular weight excluding hydrogens is 235 g/mol. The molecular formula is C9H21O6P. The van der Waals surface area contributed by atoms with Gasteiger partial charge in [-0.15, -0.1) is 0 Å². The predicted molar refractivity (Wildman–Crippen MR) is 59.4 cm³/mol. The predicted octanol–water partition coefficient (Wildman–Crippen LogP) is 0.968. The lowest BCUT2D eigenvalue weighted by Gasteiger charge is -2.20. The molecule has 0 amide bonds. The fourth-order valence-corrected chi connectivity index (χ4v) is 1.95. The third-order valence-corrected chi connectivity index (χ3v) is 3.95. The van der Waals surface area contributed by atoms with E-state index in [2.05, 4.69) is 0 Å². The van der Waals surface area contributed by atoms with Crippen molar-refractivity contribution in [1.29, 1.82) is 0 Å². The highest BCUT2D eigenvalue weighted by Crippen LogP contribution is 2.47. The minimum atomic E-state index is -3.06. The summed E-state index contributed by atoms with van der Waals surface area (Å²) in [5, 5.41) is 17.8. The maximum atomic E-state index is 11.8. The van der Waals surface area contributed by atoms with Gasteiger partial charge in [0.15, 0.2) is 6.79 Å². The monoisotopic (exact) mass is 256 g/mol. The Balaban J connectivity index is 3.91. The molecule has 0 saturated carbocycles. The van der Waals surface area contributed by atoms with Gasteiger partial charge in [0, 0.05) is 6.16 Å². The molecule has 3 unspecified atom stereocenters. The van der Waals surface area contributed by atoms with Gasteiger partial charge in [-0.2, -0.15) is 0 Å². The molecule has 0 radical (unpaired) electrons. The summed E-state index contributed by atoms with van der Waals surface area (Å²) < 4.78 is 26.8. The standard InChI is InChI=1S/C9H21O6P/c1-4-14-16(12,5-2)15-7-13-8(3)9(11)6-10/h8-11H,4-7H2,1-3H3. The Morgan fingerprint density at radius 2 is 1.94 bits per heavy atom. The van der Waals surface area contributed by atoms with Gasteiger partial charge in [-0.25, -0.2) is 0 Å². The molecule has 0 aromatic heterocycles. The molecule has 0 aromatic carbocycles. The highest BCUT2D eigenvalue weighted by atomic mass is 31.2. The summed E-state index contributed by atoms with van der Waals surface area (Å²) in [5.74, 6) is 0. The first-order valence-electron chi connectivity index (χ1n) is 5.27. The summed E-state index contributed by atoms with van der Waals surface area (Å²) in [6, 6.07) is 0. The summed E-state index contributed by atoms with van der Waals surface area (Å²) in [5.41, 5.74) is 0. The molecule has 7 heteroatoms. The summed E-state index contributed by atoms with van der Waals surface area (Å²) in [4.78, 5) is 0. The van der Waals surface area contributed by atoms with Gasteiger partial charge in [-0.05, 0) is 13.8 Å². The highest BCUT2D eigenvalue weighted by molar-refractivity contribution is 7.53. The van der Waals surface area contributed by atoms with E-state index in [4.69, 9.17) is 18.9 Å². The van der Waals surface area contributed by atoms with Crippen molar-refractivity contribution in [3.63, 3.8) is 0 Å². The Labute approximate surface area is 96.1 Å². The van der Waals surface area contributed by atoms with Gasteiger partial charge in [0.2, 0.25) is 0 Å². The van der Waals surface area contributed by atoms with Gasteiger partial charge in [-0.1, -0.05) is 6.92 Å². The minimum absolute atomic E-state index is 0.233. The molecule has 0 fully saturated rings. The summed E-state index contributed by atoms with van der Waals surface area (Å²) in [6.07, 6.45) is -1.30. The molecule has 0 aliphatic heterocycles. The molecule has 0 aliphatic rings. The third-order valence-electron chi connectivity index (χ3n) is 2.02. The second kappa shape index (κ2) is 8.17. The SMILES string of the molecule is CCOP(=O)(CC)OCOC(C)C(O)CO. The second-order valence-corrected chi connectivity index (χ2v) is 5.58. The molecule has 0 aromatic rings. The topological polar surface area (TPSA) is 85.2 Å². The Morgan fingerprint density at radius 1 is 1.31 bits per heavy atom. The molecule has 0 spiro atoms. The molecule has 16 heavy (non-hydrogen) atoms. The van der Waals surface area contributed by atoms with Crippen LogP contribution < -0.4 is 0 Å². The molecule has 0 saturated heterocycles. The van der Waals surface area contributed by atoms with Crippen molar-refractivity contribution in [3.05, 3.63) is 0 Å². The van der Waals surface area contributed by atoms with Crippen LogP contribution in [0.2, 0.25) is 0 Å². The summed E-state index contributed by atoms with van der Waals surface area (Å²) >= 11 is 0. The number of hydrogen-bond acceptors (Lipinski definition) is 6. The van der Waals surface area contributed by atoms with Crippen molar-refractivity contribution in [2.45, 2.75) is 33.0 Å². The normalized spacial score (nSPS) is 19.1. The maximum Gasteiger partial charge on any atom is 0.332 e. The number of hydrogen-bond donors (Lipinski definition) is 2. The first-order valence-corrected chi connectivity index (χ1v) is 7.00. The fourth-order valence-electron chi connectivity index (χ4n) is 0.894. The van der Waals surface area contributed by atoms with E-state index in [-0.39, 0.29) is 13.0 Å². The van der Waals surface area contributed by atoms with E-state index >= 15 is 0 Å². The van der Waals surface area contributed by atoms with Crippen LogP contribution in [0.3, 0.4) is 0 Å². The molecule has 0 aliphatic carbocycles. The van der Waals surface area contributed by atoms with E-state index in [1.807, 2.05) is 0 Å². The zero-order valence-corrected chi connectivity index (χ0v) is 10.9. The smallest absolute Gasteiger partial charge is 0.332 e. The second-order valence-electron chi connectivity index (χ2n) is 3.21. The van der Waals surface area contributed by atoms with Crippen molar-refractivity contribution in [3.8, 4) is 0 Å². The highest BCUT2D eigenvalue weighted by Gasteiger charge is 2.22. The van der Waals surface area contributed by atoms with Crippen LogP contribution in [0.5, 0.6) is 0 Å². The van der Waals surface area contributed by atoms with Gasteiger partial charge in [0.25, 0.3) is 0 Å². The van der Waals surface area contributed by atoms with Crippen LogP contribution in [0.4, 0.5) is 0 Å². The quantitative estimate of drug-likeness (QED) is 0.472. The van der Waals surface area contributed by atoms with Crippen molar-refractivity contribution >= 4 is 7.60 Å². The average molecular weight is 256 g/mol. The van der Waals surface area contributed by atoms with Gasteiger partial charge in [-0.3, -0.25) is 9.09 Å². The average Bonchev–Trinajstić information content (AvgIpc) is 2.28. The van der Waals surface area contributed by atoms with Gasteiger partial charge in [0.1, 0.15) is 6.10 Å². The van der Waals surface area contributed by atoms with Crippen molar-refractivity contribution in [1.82, 2.24) is 0 Å². The van der Waals surface area contributed by atoms with Crippen molar-refractivity contribution in [2.24, 2.45) is 0 Å². The van der Waals surface area contributed by atoms with Crippen molar-refractivity contribution < 1.29 is 28.6 Å². The van der Waals surface area contributed by atoms with Crippen LogP contribution in [0.25, 0.3) is 0 Å². The minimum Gasteiger partial charge on any atom is -0.394 e. The Bertz CT molecular complexity index is 222. The Hall–Kier alpha value is 0.0300. The lowest BCUT2D eigenvalue weighted by atomic mass is 10.2. The summed E-state index contributed by atoms with van der Waals surface area (Å²) in [6.45, 7) is 4.69. The van der Waals surface area contributed by atoms with E-state index in [1.54, 1.807) is 20.8 Å². The molecule has 0 rings (SSSR count). The first-order chi connectivity index (χ1) is 7.49. The van der Waals surface area contributed by atoms with E-state index in [9.17, 15) is 9.67 Å². The van der Waals surface area contributed by atoms with Gasteiger partial charge < -0.3 is 19.5 Å². The molecule has 0 heterocycles. The lowest BCUT2D eigenvalue weighted by Crippen LogP contribution is -2.29. The van der Waals surface area contributed by atoms with E-state index in [0.717, 1.165) is 0 Å². The summed E-state index contributed by atoms with van der Waals surface area (Å²) in [7, 11) is -3.06. The molecule has 3 atom stereocenters. The van der Waals surface area contributed by atoms with Crippen LogP contribution in [0, 0.1) is 0 Å². The largest absolute Gasteiger partial charge is 0.394 e. The van der Waals surface area contributed by atoms with Crippen LogP contribution in [0.1, 0.15) is 20.8 Å². The van der Waals surface area contributed by atoms with E-state index in [1.165, 1.54) is 0 Å². The van der Waals surface area contributed by atoms with Crippen LogP contribution in [-0.2, 0) is 18.3 Å². The number of aliphatic hydroxyl groups excluding tert-OH is 2. The zero-order valence-electron chi connectivity index (χ0n) is 9.96. The fraction of sp³-hybridized carbons (Fsp3) is 1.00. The van der Waals surface area contributed by atoms with Gasteiger partial charge in [0.05, 0.1) is 19.3 Å². The number of ether oxygens (including phenoxy) is 1. The van der Waals surface area contributed by atoms with Crippen LogP contribution >= 0.6 is 7.60 Å². The van der Waals surface area contributed by atoms with Crippen LogP contribution in [0.15, 0.2) is 0 Å². The zero-order chi connectivity index (χ0) is 12.6. The lowest BCUT2D eigenvalue weighted by molar-refractivity contribution is -0.0947. The molecule has 2 N–H and O–H groups in total. The Kier molecular flexibility index (Phi) is 8.18. The number of rotatable bonds is 9. The van der Waals surface area contributed by atoms with E-state index < -0.39 is 26.4 Å². The first kappa shape index (κ1) is 16.0. The van der Waals surface area contributed by atoms with Gasteiger partial charge >= 0.3 is 7.60 Å².